The first-order valence-corrected chi connectivity index (χ1v) is 12.4. The van der Waals surface area contributed by atoms with E-state index in [2.05, 4.69) is 22.3 Å². The highest BCUT2D eigenvalue weighted by Gasteiger charge is 2.39. The largest absolute Gasteiger partial charge is 0.461 e. The number of benzene rings is 2. The predicted molar refractivity (Wildman–Crippen MR) is 139 cm³/mol. The van der Waals surface area contributed by atoms with Crippen LogP contribution in [0.15, 0.2) is 77.1 Å². The molecule has 1 atom stereocenters. The van der Waals surface area contributed by atoms with E-state index in [9.17, 15) is 9.59 Å². The van der Waals surface area contributed by atoms with Crippen LogP contribution in [0.5, 0.6) is 0 Å². The van der Waals surface area contributed by atoms with Crippen molar-refractivity contribution < 1.29 is 14.3 Å². The van der Waals surface area contributed by atoms with Gasteiger partial charge in [0.2, 0.25) is 0 Å². The van der Waals surface area contributed by atoms with Gasteiger partial charge in [0.05, 0.1) is 24.0 Å². The molecule has 2 aromatic rings. The van der Waals surface area contributed by atoms with Crippen LogP contribution in [0.2, 0.25) is 5.02 Å². The third kappa shape index (κ3) is 5.39. The third-order valence-electron chi connectivity index (χ3n) is 6.53. The molecule has 0 aliphatic carbocycles. The van der Waals surface area contributed by atoms with Crippen LogP contribution in [0.3, 0.4) is 0 Å². The van der Waals surface area contributed by atoms with Crippen molar-refractivity contribution in [2.75, 3.05) is 37.7 Å². The van der Waals surface area contributed by atoms with Crippen molar-refractivity contribution in [2.24, 2.45) is 0 Å². The number of amides is 1. The number of dihydropyridines is 1. The van der Waals surface area contributed by atoms with E-state index in [1.165, 1.54) is 0 Å². The number of allylic oxidation sites excluding steroid dienone is 2. The number of nitrogens with one attached hydrogen (secondary N) is 1. The molecule has 1 fully saturated rings. The molecule has 0 saturated carbocycles. The summed E-state index contributed by atoms with van der Waals surface area (Å²) < 4.78 is 5.40. The standard InChI is InChI=1S/C28H29ClN4O3/c1-19-24(27(34)33-15-13-32(14-16-33)23-10-4-3-5-11-23)26(21-8-6-9-22(29)18-21)25(20(2)31-19)28(35)36-17-7-12-30/h3-6,8-11,18,26,31H,7,13-17H2,1-2H3. The van der Waals surface area contributed by atoms with E-state index in [-0.39, 0.29) is 18.9 Å². The zero-order chi connectivity index (χ0) is 25.7. The Kier molecular flexibility index (Phi) is 7.97. The van der Waals surface area contributed by atoms with Crippen molar-refractivity contribution in [3.63, 3.8) is 0 Å². The van der Waals surface area contributed by atoms with Crippen molar-refractivity contribution in [3.05, 3.63) is 87.7 Å². The van der Waals surface area contributed by atoms with Gasteiger partial charge in [-0.15, -0.1) is 0 Å². The van der Waals surface area contributed by atoms with Crippen molar-refractivity contribution in [1.29, 1.82) is 5.26 Å². The smallest absolute Gasteiger partial charge is 0.336 e. The lowest BCUT2D eigenvalue weighted by Crippen LogP contribution is -2.50. The molecule has 1 saturated heterocycles. The second-order valence-electron chi connectivity index (χ2n) is 8.85. The maximum absolute atomic E-state index is 14.0. The van der Waals surface area contributed by atoms with Gasteiger partial charge in [-0.05, 0) is 43.7 Å². The zero-order valence-electron chi connectivity index (χ0n) is 20.5. The van der Waals surface area contributed by atoms with E-state index in [1.807, 2.05) is 48.2 Å². The van der Waals surface area contributed by atoms with Crippen LogP contribution >= 0.6 is 11.6 Å². The van der Waals surface area contributed by atoms with Crippen LogP contribution in [-0.2, 0) is 14.3 Å². The van der Waals surface area contributed by atoms with Crippen LogP contribution in [0.25, 0.3) is 0 Å². The Balaban J connectivity index is 1.64. The van der Waals surface area contributed by atoms with Gasteiger partial charge < -0.3 is 19.9 Å². The van der Waals surface area contributed by atoms with Gasteiger partial charge >= 0.3 is 5.97 Å². The highest BCUT2D eigenvalue weighted by molar-refractivity contribution is 6.30. The second kappa shape index (κ2) is 11.3. The van der Waals surface area contributed by atoms with Gasteiger partial charge in [-0.3, -0.25) is 4.79 Å². The molecule has 4 rings (SSSR count). The number of esters is 1. The number of hydrogen-bond acceptors (Lipinski definition) is 6. The fourth-order valence-corrected chi connectivity index (χ4v) is 5.01. The summed E-state index contributed by atoms with van der Waals surface area (Å²) in [5, 5.41) is 12.6. The number of ether oxygens (including phenoxy) is 1. The Bertz CT molecular complexity index is 1240. The fourth-order valence-electron chi connectivity index (χ4n) is 4.81. The van der Waals surface area contributed by atoms with Gasteiger partial charge in [0.15, 0.2) is 0 Å². The molecule has 2 aromatic carbocycles. The molecule has 7 nitrogen and oxygen atoms in total. The molecular formula is C28H29ClN4O3. The summed E-state index contributed by atoms with van der Waals surface area (Å²) in [6.45, 7) is 6.20. The molecule has 2 heterocycles. The van der Waals surface area contributed by atoms with Crippen molar-refractivity contribution in [3.8, 4) is 6.07 Å². The van der Waals surface area contributed by atoms with Crippen molar-refractivity contribution in [2.45, 2.75) is 26.2 Å². The number of carbonyl (C=O) groups excluding carboxylic acids is 2. The van der Waals surface area contributed by atoms with E-state index < -0.39 is 11.9 Å². The van der Waals surface area contributed by atoms with Crippen LogP contribution in [0.4, 0.5) is 5.69 Å². The monoisotopic (exact) mass is 504 g/mol. The number of carbonyl (C=O) groups is 2. The van der Waals surface area contributed by atoms with E-state index in [0.29, 0.717) is 40.7 Å². The quantitative estimate of drug-likeness (QED) is 0.464. The summed E-state index contributed by atoms with van der Waals surface area (Å²) in [6, 6.07) is 19.3. The first kappa shape index (κ1) is 25.3. The average molecular weight is 505 g/mol. The Hall–Kier alpha value is -3.76. The maximum Gasteiger partial charge on any atom is 0.336 e. The minimum Gasteiger partial charge on any atom is -0.461 e. The lowest BCUT2D eigenvalue weighted by atomic mass is 9.79. The van der Waals surface area contributed by atoms with Crippen LogP contribution in [0.1, 0.15) is 31.7 Å². The molecule has 1 amide bonds. The molecule has 1 unspecified atom stereocenters. The molecule has 1 N–H and O–H groups in total. The van der Waals surface area contributed by atoms with Crippen LogP contribution in [0, 0.1) is 11.3 Å². The second-order valence-corrected chi connectivity index (χ2v) is 9.29. The molecule has 2 aliphatic rings. The molecule has 186 valence electrons. The zero-order valence-corrected chi connectivity index (χ0v) is 21.2. The number of anilines is 1. The molecule has 0 spiro atoms. The van der Waals surface area contributed by atoms with E-state index in [0.717, 1.165) is 24.3 Å². The van der Waals surface area contributed by atoms with Gasteiger partial charge in [-0.1, -0.05) is 41.9 Å². The van der Waals surface area contributed by atoms with Crippen molar-refractivity contribution in [1.82, 2.24) is 10.2 Å². The summed E-state index contributed by atoms with van der Waals surface area (Å²) in [7, 11) is 0. The van der Waals surface area contributed by atoms with Gasteiger partial charge in [0, 0.05) is 53.9 Å². The summed E-state index contributed by atoms with van der Waals surface area (Å²) >= 11 is 6.32. The average Bonchev–Trinajstić information content (AvgIpc) is 2.88. The predicted octanol–water partition coefficient (Wildman–Crippen LogP) is 4.38. The highest BCUT2D eigenvalue weighted by Crippen LogP contribution is 2.40. The van der Waals surface area contributed by atoms with E-state index in [4.69, 9.17) is 21.6 Å². The van der Waals surface area contributed by atoms with Gasteiger partial charge in [-0.25, -0.2) is 4.79 Å². The third-order valence-corrected chi connectivity index (χ3v) is 6.76. The molecule has 2 aliphatic heterocycles. The molecule has 0 bridgehead atoms. The molecule has 0 aromatic heterocycles. The molecule has 36 heavy (non-hydrogen) atoms. The topological polar surface area (TPSA) is 85.7 Å². The maximum atomic E-state index is 14.0. The Labute approximate surface area is 216 Å². The number of halogens is 1. The Morgan fingerprint density at radius 1 is 1.03 bits per heavy atom. The number of rotatable bonds is 6. The lowest BCUT2D eigenvalue weighted by molar-refractivity contribution is -0.139. The number of nitrogens with zero attached hydrogens (tertiary/aromatic N) is 3. The summed E-state index contributed by atoms with van der Waals surface area (Å²) in [6.07, 6.45) is 0.0969. The minimum absolute atomic E-state index is 0.0121. The number of para-hydroxylation sites is 1. The van der Waals surface area contributed by atoms with E-state index >= 15 is 0 Å². The number of hydrogen-bond donors (Lipinski definition) is 1. The number of nitriles is 1. The number of piperazine rings is 1. The highest BCUT2D eigenvalue weighted by atomic mass is 35.5. The van der Waals surface area contributed by atoms with Gasteiger partial charge in [0.1, 0.15) is 6.61 Å². The summed E-state index contributed by atoms with van der Waals surface area (Å²) in [5.41, 5.74) is 4.04. The van der Waals surface area contributed by atoms with Gasteiger partial charge in [0.25, 0.3) is 5.91 Å². The molecule has 8 heteroatoms. The first-order chi connectivity index (χ1) is 17.4. The van der Waals surface area contributed by atoms with Crippen LogP contribution in [-0.4, -0.2) is 49.6 Å². The van der Waals surface area contributed by atoms with Crippen molar-refractivity contribution >= 4 is 29.2 Å². The lowest BCUT2D eigenvalue weighted by Gasteiger charge is -2.39. The molecule has 0 radical (unpaired) electrons. The minimum atomic E-state index is -0.640. The summed E-state index contributed by atoms with van der Waals surface area (Å²) in [4.78, 5) is 31.3. The van der Waals surface area contributed by atoms with Crippen LogP contribution < -0.4 is 10.2 Å². The molecular weight excluding hydrogens is 476 g/mol. The normalized spacial score (nSPS) is 18.0. The first-order valence-electron chi connectivity index (χ1n) is 12.0. The Morgan fingerprint density at radius 3 is 2.39 bits per heavy atom. The van der Waals surface area contributed by atoms with E-state index in [1.54, 1.807) is 19.1 Å². The summed E-state index contributed by atoms with van der Waals surface area (Å²) in [5.74, 6) is -1.31. The Morgan fingerprint density at radius 2 is 1.72 bits per heavy atom. The fraction of sp³-hybridized carbons (Fsp3) is 0.321. The van der Waals surface area contributed by atoms with Gasteiger partial charge in [-0.2, -0.15) is 5.26 Å². The SMILES string of the molecule is CC1=C(C(=O)OCCC#N)C(c2cccc(Cl)c2)C(C(=O)N2CCN(c3ccccc3)CC2)=C(C)N1.